The third-order valence-corrected chi connectivity index (χ3v) is 5.69. The molecule has 0 spiro atoms. The quantitative estimate of drug-likeness (QED) is 0.514. The molecule has 190 valence electrons. The molecule has 3 rings (SSSR count). The molecule has 1 aliphatic rings. The van der Waals surface area contributed by atoms with Gasteiger partial charge >= 0.3 is 0 Å². The zero-order valence-electron chi connectivity index (χ0n) is 21.2. The predicted molar refractivity (Wildman–Crippen MR) is 142 cm³/mol. The van der Waals surface area contributed by atoms with E-state index in [0.717, 1.165) is 22.3 Å². The minimum absolute atomic E-state index is 0. The highest BCUT2D eigenvalue weighted by Gasteiger charge is 2.24. The highest BCUT2D eigenvalue weighted by Crippen LogP contribution is 2.37. The number of hydrogen-bond acceptors (Lipinski definition) is 7. The summed E-state index contributed by atoms with van der Waals surface area (Å²) in [6.07, 6.45) is 5.02. The van der Waals surface area contributed by atoms with Crippen LogP contribution in [-0.4, -0.2) is 68.2 Å². The van der Waals surface area contributed by atoms with Gasteiger partial charge in [-0.1, -0.05) is 0 Å². The molecular formula is C27H35ClN2O5. The fourth-order valence-electron chi connectivity index (χ4n) is 4.16. The van der Waals surface area contributed by atoms with Crippen LogP contribution in [0.1, 0.15) is 35.1 Å². The number of rotatable bonds is 8. The molecule has 0 aromatic heterocycles. The molecule has 7 nitrogen and oxygen atoms in total. The van der Waals surface area contributed by atoms with Crippen LogP contribution in [-0.2, 0) is 17.9 Å². The third kappa shape index (κ3) is 6.78. The number of nitrogens with zero attached hydrogens (tertiary/aromatic N) is 2. The number of methoxy groups -OCH3 is 2. The zero-order chi connectivity index (χ0) is 25.0. The van der Waals surface area contributed by atoms with E-state index in [2.05, 4.69) is 0 Å². The number of carbonyl (C=O) groups is 1. The Balaban J connectivity index is 0.00000432. The molecule has 0 unspecified atom stereocenters. The number of aromatic hydroxyl groups is 2. The maximum absolute atomic E-state index is 13.2. The fourth-order valence-corrected chi connectivity index (χ4v) is 4.16. The van der Waals surface area contributed by atoms with Crippen molar-refractivity contribution in [2.75, 3.05) is 42.4 Å². The average molecular weight is 503 g/mol. The first-order valence-electron chi connectivity index (χ1n) is 11.2. The SMILES string of the molecule is COc1cc(/C=C2\CC/C(=C\c3cc(CN(C)C)c(O)c(OC)c3)C2=O)cc(CN(C)C)c1O.Cl. The van der Waals surface area contributed by atoms with E-state index in [1.54, 1.807) is 12.1 Å². The monoisotopic (exact) mass is 502 g/mol. The molecule has 35 heavy (non-hydrogen) atoms. The van der Waals surface area contributed by atoms with Gasteiger partial charge in [0.2, 0.25) is 0 Å². The number of phenols is 2. The minimum atomic E-state index is 0. The number of benzene rings is 2. The molecular weight excluding hydrogens is 468 g/mol. The van der Waals surface area contributed by atoms with Crippen LogP contribution < -0.4 is 9.47 Å². The summed E-state index contributed by atoms with van der Waals surface area (Å²) in [6, 6.07) is 7.26. The highest BCUT2D eigenvalue weighted by atomic mass is 35.5. The van der Waals surface area contributed by atoms with Crippen LogP contribution in [0.2, 0.25) is 0 Å². The molecule has 0 atom stereocenters. The Morgan fingerprint density at radius 2 is 1.14 bits per heavy atom. The van der Waals surface area contributed by atoms with Gasteiger partial charge in [0.15, 0.2) is 28.8 Å². The van der Waals surface area contributed by atoms with Gasteiger partial charge in [0.25, 0.3) is 0 Å². The van der Waals surface area contributed by atoms with E-state index in [1.165, 1.54) is 14.2 Å². The van der Waals surface area contributed by atoms with Crippen molar-refractivity contribution in [3.63, 3.8) is 0 Å². The molecule has 8 heteroatoms. The Hall–Kier alpha value is -3.00. The Kier molecular flexibility index (Phi) is 9.77. The first kappa shape index (κ1) is 28.2. The van der Waals surface area contributed by atoms with Crippen LogP contribution in [0.15, 0.2) is 35.4 Å². The van der Waals surface area contributed by atoms with Gasteiger partial charge in [0, 0.05) is 35.4 Å². The number of allylic oxidation sites excluding steroid dienone is 2. The largest absolute Gasteiger partial charge is 0.504 e. The zero-order valence-corrected chi connectivity index (χ0v) is 22.0. The summed E-state index contributed by atoms with van der Waals surface area (Å²) in [5, 5.41) is 20.9. The van der Waals surface area contributed by atoms with Gasteiger partial charge in [0.1, 0.15) is 0 Å². The molecule has 0 heterocycles. The van der Waals surface area contributed by atoms with E-state index >= 15 is 0 Å². The lowest BCUT2D eigenvalue weighted by Gasteiger charge is -2.15. The summed E-state index contributed by atoms with van der Waals surface area (Å²) in [7, 11) is 10.7. The predicted octanol–water partition coefficient (Wildman–Crippen LogP) is 4.49. The van der Waals surface area contributed by atoms with Crippen molar-refractivity contribution in [3.8, 4) is 23.0 Å². The molecule has 0 bridgehead atoms. The number of carbonyl (C=O) groups excluding carboxylic acids is 1. The number of hydrogen-bond donors (Lipinski definition) is 2. The van der Waals surface area contributed by atoms with Crippen LogP contribution in [0.5, 0.6) is 23.0 Å². The van der Waals surface area contributed by atoms with E-state index < -0.39 is 0 Å². The topological polar surface area (TPSA) is 82.5 Å². The standard InChI is InChI=1S/C27H34N2O5.ClH/c1-28(2)15-21-11-17(13-23(33-5)26(21)31)9-19-7-8-20(25(19)30)10-18-12-22(16-29(3)4)27(32)24(14-18)34-6;/h9-14,31-32H,7-8,15-16H2,1-6H3;1H/b19-9+,20-10+;. The maximum Gasteiger partial charge on any atom is 0.185 e. The van der Waals surface area contributed by atoms with Crippen molar-refractivity contribution in [1.29, 1.82) is 0 Å². The molecule has 2 N–H and O–H groups in total. The highest BCUT2D eigenvalue weighted by molar-refractivity contribution is 6.15. The van der Waals surface area contributed by atoms with E-state index in [4.69, 9.17) is 9.47 Å². The molecule has 0 saturated heterocycles. The van der Waals surface area contributed by atoms with E-state index in [1.807, 2.05) is 62.3 Å². The normalized spacial score (nSPS) is 15.8. The Labute approximate surface area is 213 Å². The van der Waals surface area contributed by atoms with Crippen LogP contribution in [0.25, 0.3) is 12.2 Å². The molecule has 1 fully saturated rings. The van der Waals surface area contributed by atoms with Crippen LogP contribution >= 0.6 is 12.4 Å². The summed E-state index contributed by atoms with van der Waals surface area (Å²) in [5.41, 5.74) is 4.54. The number of ether oxygens (including phenoxy) is 2. The smallest absolute Gasteiger partial charge is 0.185 e. The summed E-state index contributed by atoms with van der Waals surface area (Å²) in [5.74, 6) is 1.01. The summed E-state index contributed by atoms with van der Waals surface area (Å²) < 4.78 is 10.7. The molecule has 0 aliphatic heterocycles. The molecule has 0 amide bonds. The van der Waals surface area contributed by atoms with Crippen LogP contribution in [0.3, 0.4) is 0 Å². The van der Waals surface area contributed by atoms with Gasteiger partial charge in [-0.15, -0.1) is 12.4 Å². The molecule has 2 aromatic rings. The second-order valence-electron chi connectivity index (χ2n) is 9.11. The summed E-state index contributed by atoms with van der Waals surface area (Å²) in [6.45, 7) is 1.10. The van der Waals surface area contributed by atoms with Crippen molar-refractivity contribution in [2.24, 2.45) is 0 Å². The van der Waals surface area contributed by atoms with Gasteiger partial charge in [-0.3, -0.25) is 4.79 Å². The number of halogens is 1. The second-order valence-corrected chi connectivity index (χ2v) is 9.11. The third-order valence-electron chi connectivity index (χ3n) is 5.69. The fraction of sp³-hybridized carbons (Fsp3) is 0.370. The van der Waals surface area contributed by atoms with E-state index in [0.29, 0.717) is 48.6 Å². The van der Waals surface area contributed by atoms with Crippen LogP contribution in [0, 0.1) is 0 Å². The summed E-state index contributed by atoms with van der Waals surface area (Å²) >= 11 is 0. The van der Waals surface area contributed by atoms with Gasteiger partial charge in [-0.25, -0.2) is 0 Å². The maximum atomic E-state index is 13.2. The lowest BCUT2D eigenvalue weighted by molar-refractivity contribution is -0.111. The van der Waals surface area contributed by atoms with Gasteiger partial charge in [-0.05, 0) is 88.6 Å². The van der Waals surface area contributed by atoms with Crippen molar-refractivity contribution in [3.05, 3.63) is 57.7 Å². The minimum Gasteiger partial charge on any atom is -0.504 e. The number of phenolic OH excluding ortho intramolecular Hbond substituents is 2. The van der Waals surface area contributed by atoms with E-state index in [9.17, 15) is 15.0 Å². The number of Topliss-reactive ketones (excluding diaryl/α,β-unsaturated/α-hetero) is 1. The molecule has 2 aromatic carbocycles. The molecule has 0 radical (unpaired) electrons. The average Bonchev–Trinajstić information content (AvgIpc) is 3.10. The Morgan fingerprint density at radius 1 is 0.771 bits per heavy atom. The molecule has 1 aliphatic carbocycles. The lowest BCUT2D eigenvalue weighted by atomic mass is 10.0. The van der Waals surface area contributed by atoms with Crippen molar-refractivity contribution in [1.82, 2.24) is 9.80 Å². The van der Waals surface area contributed by atoms with Crippen molar-refractivity contribution in [2.45, 2.75) is 25.9 Å². The van der Waals surface area contributed by atoms with Crippen molar-refractivity contribution < 1.29 is 24.5 Å². The van der Waals surface area contributed by atoms with Gasteiger partial charge in [0.05, 0.1) is 14.2 Å². The van der Waals surface area contributed by atoms with Gasteiger partial charge in [-0.2, -0.15) is 0 Å². The lowest BCUT2D eigenvalue weighted by Crippen LogP contribution is -2.11. The Bertz CT molecular complexity index is 1050. The Morgan fingerprint density at radius 3 is 1.46 bits per heavy atom. The van der Waals surface area contributed by atoms with Crippen LogP contribution in [0.4, 0.5) is 0 Å². The second kappa shape index (κ2) is 12.1. The van der Waals surface area contributed by atoms with Crippen molar-refractivity contribution >= 4 is 30.3 Å². The molecule has 1 saturated carbocycles. The first-order chi connectivity index (χ1) is 16.1. The van der Waals surface area contributed by atoms with E-state index in [-0.39, 0.29) is 29.7 Å². The van der Waals surface area contributed by atoms with Gasteiger partial charge < -0.3 is 29.5 Å². The number of ketones is 1. The first-order valence-corrected chi connectivity index (χ1v) is 11.2. The summed E-state index contributed by atoms with van der Waals surface area (Å²) in [4.78, 5) is 17.1.